The maximum absolute atomic E-state index is 10.7. The van der Waals surface area contributed by atoms with E-state index in [4.69, 9.17) is 5.11 Å². The van der Waals surface area contributed by atoms with E-state index < -0.39 is 5.97 Å². The predicted octanol–water partition coefficient (Wildman–Crippen LogP) is 1.30. The lowest BCUT2D eigenvalue weighted by Crippen LogP contribution is -1.97. The molecule has 0 unspecified atom stereocenters. The molecule has 0 aromatic carbocycles. The molecule has 1 saturated carbocycles. The van der Waals surface area contributed by atoms with E-state index in [2.05, 4.69) is 10.1 Å². The zero-order valence-corrected chi connectivity index (χ0v) is 7.92. The summed E-state index contributed by atoms with van der Waals surface area (Å²) in [4.78, 5) is 15.0. The van der Waals surface area contributed by atoms with Crippen LogP contribution in [0.2, 0.25) is 0 Å². The Balaban J connectivity index is 2.13. The molecule has 15 heavy (non-hydrogen) atoms. The smallest absolute Gasteiger partial charge is 0.335 e. The number of carboxylic acids is 1. The van der Waals surface area contributed by atoms with Crippen LogP contribution in [0.15, 0.2) is 18.3 Å². The number of fused-ring (bicyclic) bond motifs is 1. The van der Waals surface area contributed by atoms with E-state index in [0.29, 0.717) is 11.6 Å². The minimum absolute atomic E-state index is 0.247. The van der Waals surface area contributed by atoms with Crippen LogP contribution in [0.3, 0.4) is 0 Å². The fraction of sp³-hybridized carbons (Fsp3) is 0.300. The molecule has 0 aliphatic heterocycles. The van der Waals surface area contributed by atoms with Crippen molar-refractivity contribution in [3.8, 4) is 0 Å². The maximum Gasteiger partial charge on any atom is 0.335 e. The number of rotatable bonds is 2. The molecule has 5 nitrogen and oxygen atoms in total. The van der Waals surface area contributed by atoms with Crippen molar-refractivity contribution in [2.75, 3.05) is 0 Å². The number of pyridine rings is 1. The predicted molar refractivity (Wildman–Crippen MR) is 51.9 cm³/mol. The summed E-state index contributed by atoms with van der Waals surface area (Å²) in [5, 5.41) is 13.1. The normalized spacial score (nSPS) is 15.7. The van der Waals surface area contributed by atoms with Gasteiger partial charge in [0, 0.05) is 12.1 Å². The summed E-state index contributed by atoms with van der Waals surface area (Å²) in [5.41, 5.74) is 0.856. The zero-order chi connectivity index (χ0) is 10.4. The van der Waals surface area contributed by atoms with Crippen LogP contribution in [0, 0.1) is 0 Å². The summed E-state index contributed by atoms with van der Waals surface area (Å²) in [6.45, 7) is 0. The van der Waals surface area contributed by atoms with E-state index in [1.165, 1.54) is 6.07 Å². The molecule has 1 aliphatic rings. The number of carbonyl (C=O) groups is 1. The third-order valence-electron chi connectivity index (χ3n) is 2.54. The first-order valence-electron chi connectivity index (χ1n) is 4.83. The standard InChI is InChI=1S/C10H9N3O2/c14-10(15)7-3-4-13-8(5-7)11-9(12-13)6-1-2-6/h3-6H,1-2H2,(H,14,15). The number of nitrogens with zero attached hydrogens (tertiary/aromatic N) is 3. The van der Waals surface area contributed by atoms with Gasteiger partial charge < -0.3 is 5.11 Å². The molecule has 0 radical (unpaired) electrons. The highest BCUT2D eigenvalue weighted by molar-refractivity contribution is 5.88. The van der Waals surface area contributed by atoms with Crippen LogP contribution >= 0.6 is 0 Å². The quantitative estimate of drug-likeness (QED) is 0.798. The average Bonchev–Trinajstić information content (AvgIpc) is 2.97. The van der Waals surface area contributed by atoms with Gasteiger partial charge in [0.25, 0.3) is 0 Å². The average molecular weight is 203 g/mol. The van der Waals surface area contributed by atoms with Gasteiger partial charge in [0.15, 0.2) is 11.5 Å². The Morgan fingerprint density at radius 1 is 1.53 bits per heavy atom. The van der Waals surface area contributed by atoms with Gasteiger partial charge in [-0.3, -0.25) is 0 Å². The third-order valence-corrected chi connectivity index (χ3v) is 2.54. The molecular formula is C10H9N3O2. The van der Waals surface area contributed by atoms with E-state index in [-0.39, 0.29) is 5.56 Å². The Morgan fingerprint density at radius 3 is 3.00 bits per heavy atom. The molecule has 5 heteroatoms. The first-order valence-corrected chi connectivity index (χ1v) is 4.83. The second-order valence-electron chi connectivity index (χ2n) is 3.77. The van der Waals surface area contributed by atoms with Crippen LogP contribution in [0.5, 0.6) is 0 Å². The molecular weight excluding hydrogens is 194 g/mol. The highest BCUT2D eigenvalue weighted by Crippen LogP contribution is 2.38. The molecule has 1 aliphatic carbocycles. The first kappa shape index (κ1) is 8.40. The van der Waals surface area contributed by atoms with Crippen molar-refractivity contribution < 1.29 is 9.90 Å². The van der Waals surface area contributed by atoms with E-state index >= 15 is 0 Å². The molecule has 0 bridgehead atoms. The van der Waals surface area contributed by atoms with Crippen molar-refractivity contribution in [3.63, 3.8) is 0 Å². The van der Waals surface area contributed by atoms with Gasteiger partial charge in [-0.2, -0.15) is 5.10 Å². The second kappa shape index (κ2) is 2.79. The van der Waals surface area contributed by atoms with E-state index in [1.54, 1.807) is 16.8 Å². The van der Waals surface area contributed by atoms with Crippen LogP contribution in [-0.2, 0) is 0 Å². The van der Waals surface area contributed by atoms with Crippen molar-refractivity contribution in [2.24, 2.45) is 0 Å². The summed E-state index contributed by atoms with van der Waals surface area (Å²) in [5.74, 6) is 0.379. The molecule has 3 rings (SSSR count). The number of hydrogen-bond acceptors (Lipinski definition) is 3. The number of aromatic nitrogens is 3. The van der Waals surface area contributed by atoms with Crippen molar-refractivity contribution in [2.45, 2.75) is 18.8 Å². The van der Waals surface area contributed by atoms with Gasteiger partial charge in [-0.1, -0.05) is 0 Å². The lowest BCUT2D eigenvalue weighted by atomic mass is 10.3. The Kier molecular flexibility index (Phi) is 1.56. The summed E-state index contributed by atoms with van der Waals surface area (Å²) < 4.78 is 1.63. The molecule has 1 fully saturated rings. The molecule has 2 aromatic heterocycles. The van der Waals surface area contributed by atoms with Gasteiger partial charge in [-0.15, -0.1) is 0 Å². The van der Waals surface area contributed by atoms with Crippen LogP contribution in [0.4, 0.5) is 0 Å². The molecule has 0 saturated heterocycles. The van der Waals surface area contributed by atoms with Crippen molar-refractivity contribution in [1.82, 2.24) is 14.6 Å². The van der Waals surface area contributed by atoms with Crippen LogP contribution in [-0.4, -0.2) is 25.7 Å². The summed E-state index contributed by atoms with van der Waals surface area (Å²) in [6.07, 6.45) is 3.92. The molecule has 0 amide bonds. The fourth-order valence-electron chi connectivity index (χ4n) is 1.55. The SMILES string of the molecule is O=C(O)c1ccn2nc(C3CC3)nc2c1. The topological polar surface area (TPSA) is 67.5 Å². The van der Waals surface area contributed by atoms with Crippen molar-refractivity contribution in [3.05, 3.63) is 29.7 Å². The van der Waals surface area contributed by atoms with Gasteiger partial charge in [0.05, 0.1) is 5.56 Å². The van der Waals surface area contributed by atoms with Crippen LogP contribution < -0.4 is 0 Å². The highest BCUT2D eigenvalue weighted by Gasteiger charge is 2.27. The second-order valence-corrected chi connectivity index (χ2v) is 3.77. The fourth-order valence-corrected chi connectivity index (χ4v) is 1.55. The van der Waals surface area contributed by atoms with Gasteiger partial charge in [0.2, 0.25) is 0 Å². The van der Waals surface area contributed by atoms with Gasteiger partial charge in [-0.05, 0) is 25.0 Å². The Labute approximate surface area is 85.4 Å². The largest absolute Gasteiger partial charge is 0.478 e. The third kappa shape index (κ3) is 1.36. The summed E-state index contributed by atoms with van der Waals surface area (Å²) in [6, 6.07) is 3.07. The molecule has 0 atom stereocenters. The molecule has 2 heterocycles. The summed E-state index contributed by atoms with van der Waals surface area (Å²) in [7, 11) is 0. The first-order chi connectivity index (χ1) is 7.24. The van der Waals surface area contributed by atoms with Crippen molar-refractivity contribution >= 4 is 11.6 Å². The summed E-state index contributed by atoms with van der Waals surface area (Å²) >= 11 is 0. The van der Waals surface area contributed by atoms with E-state index in [1.807, 2.05) is 0 Å². The van der Waals surface area contributed by atoms with Gasteiger partial charge >= 0.3 is 5.97 Å². The Bertz CT molecular complexity index is 543. The van der Waals surface area contributed by atoms with Crippen LogP contribution in [0.1, 0.15) is 34.9 Å². The highest BCUT2D eigenvalue weighted by atomic mass is 16.4. The molecule has 1 N–H and O–H groups in total. The minimum atomic E-state index is -0.937. The lowest BCUT2D eigenvalue weighted by molar-refractivity contribution is 0.0697. The zero-order valence-electron chi connectivity index (χ0n) is 7.92. The minimum Gasteiger partial charge on any atom is -0.478 e. The van der Waals surface area contributed by atoms with E-state index in [0.717, 1.165) is 18.7 Å². The number of hydrogen-bond donors (Lipinski definition) is 1. The number of carboxylic acid groups (broad SMARTS) is 1. The number of aromatic carboxylic acids is 1. The molecule has 0 spiro atoms. The van der Waals surface area contributed by atoms with Gasteiger partial charge in [-0.25, -0.2) is 14.3 Å². The monoisotopic (exact) mass is 203 g/mol. The van der Waals surface area contributed by atoms with Crippen molar-refractivity contribution in [1.29, 1.82) is 0 Å². The maximum atomic E-state index is 10.7. The Hall–Kier alpha value is -1.91. The van der Waals surface area contributed by atoms with Crippen LogP contribution in [0.25, 0.3) is 5.65 Å². The lowest BCUT2D eigenvalue weighted by Gasteiger charge is -1.93. The molecule has 76 valence electrons. The van der Waals surface area contributed by atoms with E-state index in [9.17, 15) is 4.79 Å². The van der Waals surface area contributed by atoms with Gasteiger partial charge in [0.1, 0.15) is 0 Å². The molecule has 2 aromatic rings. The Morgan fingerprint density at radius 2 is 2.33 bits per heavy atom.